The fraction of sp³-hybridized carbons (Fsp3) is 0.500. The molecule has 0 heterocycles. The lowest BCUT2D eigenvalue weighted by Crippen LogP contribution is -2.16. The highest BCUT2D eigenvalue weighted by molar-refractivity contribution is 5.34. The van der Waals surface area contributed by atoms with Crippen molar-refractivity contribution in [1.29, 1.82) is 0 Å². The van der Waals surface area contributed by atoms with Crippen LogP contribution >= 0.6 is 0 Å². The van der Waals surface area contributed by atoms with E-state index in [1.54, 1.807) is 0 Å². The molecule has 0 saturated heterocycles. The van der Waals surface area contributed by atoms with Gasteiger partial charge in [-0.25, -0.2) is 0 Å². The summed E-state index contributed by atoms with van der Waals surface area (Å²) in [5.41, 5.74) is 0. The van der Waals surface area contributed by atoms with Crippen LogP contribution in [-0.4, -0.2) is 0 Å². The van der Waals surface area contributed by atoms with Crippen molar-refractivity contribution in [3.63, 3.8) is 0 Å². The van der Waals surface area contributed by atoms with Crippen molar-refractivity contribution in [3.8, 4) is 0 Å². The van der Waals surface area contributed by atoms with Gasteiger partial charge in [0.1, 0.15) is 0 Å². The number of hydrogen-bond donors (Lipinski definition) is 0. The number of allylic oxidation sites excluding steroid dienone is 6. The highest BCUT2D eigenvalue weighted by Gasteiger charge is 2.57. The van der Waals surface area contributed by atoms with Crippen molar-refractivity contribution < 1.29 is 0 Å². The highest BCUT2D eigenvalue weighted by Crippen LogP contribution is 2.62. The fourth-order valence-corrected chi connectivity index (χ4v) is 3.53. The molecule has 4 aliphatic carbocycles. The summed E-state index contributed by atoms with van der Waals surface area (Å²) in [4.78, 5) is 0. The summed E-state index contributed by atoms with van der Waals surface area (Å²) in [6.45, 7) is 0. The van der Waals surface area contributed by atoms with Gasteiger partial charge in [-0.15, -0.1) is 0 Å². The van der Waals surface area contributed by atoms with Crippen molar-refractivity contribution in [1.82, 2.24) is 0 Å². The minimum atomic E-state index is 0.736. The van der Waals surface area contributed by atoms with Gasteiger partial charge in [0.25, 0.3) is 0 Å². The van der Waals surface area contributed by atoms with E-state index in [0.717, 1.165) is 35.5 Å². The van der Waals surface area contributed by atoms with Crippen molar-refractivity contribution in [3.05, 3.63) is 36.5 Å². The molecule has 1 saturated carbocycles. The summed E-state index contributed by atoms with van der Waals surface area (Å²) in [5.74, 6) is 5.26. The molecule has 0 atom stereocenters. The van der Waals surface area contributed by atoms with Crippen LogP contribution in [0.3, 0.4) is 0 Å². The van der Waals surface area contributed by atoms with Crippen LogP contribution in [0.4, 0.5) is 0 Å². The molecule has 0 unspecified atom stereocenters. The lowest BCUT2D eigenvalue weighted by atomic mass is 9.82. The van der Waals surface area contributed by atoms with Crippen LogP contribution in [0.1, 0.15) is 0 Å². The molecule has 0 nitrogen and oxygen atoms in total. The van der Waals surface area contributed by atoms with Gasteiger partial charge < -0.3 is 0 Å². The van der Waals surface area contributed by atoms with E-state index in [1.165, 1.54) is 0 Å². The Morgan fingerprint density at radius 2 is 1.00 bits per heavy atom. The van der Waals surface area contributed by atoms with E-state index >= 15 is 0 Å². The molecule has 0 amide bonds. The zero-order chi connectivity index (χ0) is 7.71. The van der Waals surface area contributed by atoms with Crippen LogP contribution < -0.4 is 0 Å². The standard InChI is InChI=1S/C12H12/c1-3-9-8-5-6-11-10(12(9)11)4-2-7(1)8/h1-12H. The second-order valence-corrected chi connectivity index (χ2v) is 4.62. The van der Waals surface area contributed by atoms with E-state index in [4.69, 9.17) is 0 Å². The van der Waals surface area contributed by atoms with Crippen LogP contribution in [0.25, 0.3) is 0 Å². The minimum absolute atomic E-state index is 0.736. The first-order valence-electron chi connectivity index (χ1n) is 5.00. The van der Waals surface area contributed by atoms with Gasteiger partial charge in [-0.05, 0) is 29.6 Å². The Bertz CT molecular complexity index is 321. The van der Waals surface area contributed by atoms with Gasteiger partial charge in [0.05, 0.1) is 0 Å². The Kier molecular flexibility index (Phi) is 0.778. The molecule has 0 radical (unpaired) electrons. The van der Waals surface area contributed by atoms with Gasteiger partial charge in [-0.3, -0.25) is 0 Å². The number of rotatable bonds is 0. The second-order valence-electron chi connectivity index (χ2n) is 4.62. The molecule has 0 heteroatoms. The van der Waals surface area contributed by atoms with Gasteiger partial charge in [0.2, 0.25) is 0 Å². The topological polar surface area (TPSA) is 0 Å². The van der Waals surface area contributed by atoms with E-state index in [0.29, 0.717) is 0 Å². The average Bonchev–Trinajstić information content (AvgIpc) is 2.60. The summed E-state index contributed by atoms with van der Waals surface area (Å²) in [5, 5.41) is 0. The van der Waals surface area contributed by atoms with Crippen LogP contribution in [0.2, 0.25) is 0 Å². The first-order valence-corrected chi connectivity index (χ1v) is 5.00. The molecule has 0 aromatic rings. The molecule has 0 aromatic heterocycles. The van der Waals surface area contributed by atoms with E-state index in [-0.39, 0.29) is 0 Å². The predicted octanol–water partition coefficient (Wildman–Crippen LogP) is 2.41. The largest absolute Gasteiger partial charge is 0.0842 e. The summed E-state index contributed by atoms with van der Waals surface area (Å²) < 4.78 is 0. The Labute approximate surface area is 72.7 Å². The molecule has 0 aliphatic heterocycles. The van der Waals surface area contributed by atoms with Gasteiger partial charge in [-0.2, -0.15) is 0 Å². The Balaban J connectivity index is 1.96. The van der Waals surface area contributed by atoms with Crippen LogP contribution in [0, 0.1) is 35.5 Å². The van der Waals surface area contributed by atoms with E-state index in [1.807, 2.05) is 0 Å². The average molecular weight is 156 g/mol. The summed E-state index contributed by atoms with van der Waals surface area (Å²) in [6.07, 6.45) is 14.7. The summed E-state index contributed by atoms with van der Waals surface area (Å²) in [6, 6.07) is 0. The van der Waals surface area contributed by atoms with Gasteiger partial charge in [0, 0.05) is 5.92 Å². The predicted molar refractivity (Wildman–Crippen MR) is 48.4 cm³/mol. The first-order chi connectivity index (χ1) is 5.95. The smallest absolute Gasteiger partial charge is 0.00153 e. The van der Waals surface area contributed by atoms with Gasteiger partial charge in [0.15, 0.2) is 0 Å². The maximum absolute atomic E-state index is 2.47. The lowest BCUT2D eigenvalue weighted by molar-refractivity contribution is 0.389. The monoisotopic (exact) mass is 156 g/mol. The van der Waals surface area contributed by atoms with Crippen molar-refractivity contribution >= 4 is 0 Å². The molecule has 1 fully saturated rings. The molecular weight excluding hydrogens is 144 g/mol. The Morgan fingerprint density at radius 3 is 1.75 bits per heavy atom. The van der Waals surface area contributed by atoms with Gasteiger partial charge in [-0.1, -0.05) is 36.5 Å². The zero-order valence-corrected chi connectivity index (χ0v) is 6.93. The third-order valence-electron chi connectivity index (χ3n) is 4.19. The van der Waals surface area contributed by atoms with E-state index in [9.17, 15) is 0 Å². The number of hydrogen-bond acceptors (Lipinski definition) is 0. The van der Waals surface area contributed by atoms with Crippen LogP contribution in [0.15, 0.2) is 36.5 Å². The highest BCUT2D eigenvalue weighted by atomic mass is 14.6. The first kappa shape index (κ1) is 5.80. The summed E-state index contributed by atoms with van der Waals surface area (Å²) in [7, 11) is 0. The Hall–Kier alpha value is -0.780. The van der Waals surface area contributed by atoms with Gasteiger partial charge >= 0.3 is 0 Å². The molecule has 4 rings (SSSR count). The molecule has 0 aromatic carbocycles. The third-order valence-corrected chi connectivity index (χ3v) is 4.19. The fourth-order valence-electron chi connectivity index (χ4n) is 3.53. The lowest BCUT2D eigenvalue weighted by Gasteiger charge is -2.22. The van der Waals surface area contributed by atoms with Crippen molar-refractivity contribution in [2.75, 3.05) is 0 Å². The molecule has 0 N–H and O–H groups in total. The molecule has 4 bridgehead atoms. The zero-order valence-electron chi connectivity index (χ0n) is 6.93. The second kappa shape index (κ2) is 1.61. The van der Waals surface area contributed by atoms with E-state index < -0.39 is 0 Å². The quantitative estimate of drug-likeness (QED) is 0.472. The summed E-state index contributed by atoms with van der Waals surface area (Å²) >= 11 is 0. The van der Waals surface area contributed by atoms with Crippen LogP contribution in [-0.2, 0) is 0 Å². The molecule has 12 heavy (non-hydrogen) atoms. The molecule has 0 spiro atoms. The molecule has 4 aliphatic rings. The Morgan fingerprint density at radius 1 is 0.500 bits per heavy atom. The molecular formula is C12H12. The van der Waals surface area contributed by atoms with Crippen molar-refractivity contribution in [2.45, 2.75) is 0 Å². The third kappa shape index (κ3) is 0.475. The maximum atomic E-state index is 2.47. The SMILES string of the molecule is C1=CC2C3C=CC4C(C=CC13)C24. The number of fused-ring (bicyclic) bond motifs is 1. The van der Waals surface area contributed by atoms with Crippen LogP contribution in [0.5, 0.6) is 0 Å². The van der Waals surface area contributed by atoms with Crippen molar-refractivity contribution in [2.24, 2.45) is 35.5 Å². The molecule has 60 valence electrons. The maximum Gasteiger partial charge on any atom is 0.00153 e. The van der Waals surface area contributed by atoms with E-state index in [2.05, 4.69) is 36.5 Å². The normalized spacial score (nSPS) is 62.0. The minimum Gasteiger partial charge on any atom is -0.0842 e.